The van der Waals surface area contributed by atoms with Crippen LogP contribution in [0.15, 0.2) is 22.2 Å². The van der Waals surface area contributed by atoms with E-state index in [-0.39, 0.29) is 12.2 Å². The lowest BCUT2D eigenvalue weighted by Crippen LogP contribution is -2.22. The molecule has 0 amide bonds. The molecule has 0 unspecified atom stereocenters. The van der Waals surface area contributed by atoms with Crippen molar-refractivity contribution in [3.63, 3.8) is 0 Å². The van der Waals surface area contributed by atoms with Crippen LogP contribution in [0.1, 0.15) is 13.3 Å². The summed E-state index contributed by atoms with van der Waals surface area (Å²) >= 11 is 1.29. The summed E-state index contributed by atoms with van der Waals surface area (Å²) in [4.78, 5) is 15.6. The van der Waals surface area contributed by atoms with Crippen LogP contribution in [0, 0.1) is 0 Å². The van der Waals surface area contributed by atoms with E-state index in [1.165, 1.54) is 11.8 Å². The zero-order valence-electron chi connectivity index (χ0n) is 8.14. The van der Waals surface area contributed by atoms with Crippen LogP contribution in [-0.2, 0) is 6.54 Å². The summed E-state index contributed by atoms with van der Waals surface area (Å²) in [5.41, 5.74) is -0.0622. The maximum Gasteiger partial charge on any atom is 0.283 e. The predicted octanol–water partition coefficient (Wildman–Crippen LogP) is 0.738. The monoisotopic (exact) mass is 214 g/mol. The SMILES string of the molecule is CCCn1ccnc(SCCO)c1=O. The van der Waals surface area contributed by atoms with Crippen molar-refractivity contribution in [1.82, 2.24) is 9.55 Å². The predicted molar refractivity (Wildman–Crippen MR) is 56.6 cm³/mol. The number of hydrogen-bond acceptors (Lipinski definition) is 4. The largest absolute Gasteiger partial charge is 0.396 e. The smallest absolute Gasteiger partial charge is 0.283 e. The molecular weight excluding hydrogens is 200 g/mol. The standard InChI is InChI=1S/C9H14N2O2S/c1-2-4-11-5-3-10-8(9(11)13)14-7-6-12/h3,5,12H,2,4,6-7H2,1H3. The Morgan fingerprint density at radius 1 is 1.64 bits per heavy atom. The summed E-state index contributed by atoms with van der Waals surface area (Å²) in [7, 11) is 0. The average Bonchev–Trinajstić information content (AvgIpc) is 2.20. The van der Waals surface area contributed by atoms with E-state index in [4.69, 9.17) is 5.11 Å². The Bertz CT molecular complexity index is 338. The van der Waals surface area contributed by atoms with Gasteiger partial charge in [0.05, 0.1) is 6.61 Å². The van der Waals surface area contributed by atoms with Crippen molar-refractivity contribution >= 4 is 11.8 Å². The molecule has 14 heavy (non-hydrogen) atoms. The van der Waals surface area contributed by atoms with Gasteiger partial charge in [0.15, 0.2) is 5.03 Å². The van der Waals surface area contributed by atoms with E-state index < -0.39 is 0 Å². The van der Waals surface area contributed by atoms with Gasteiger partial charge in [0.2, 0.25) is 0 Å². The number of aromatic nitrogens is 2. The molecule has 4 nitrogen and oxygen atoms in total. The summed E-state index contributed by atoms with van der Waals surface area (Å²) < 4.78 is 1.65. The Morgan fingerprint density at radius 2 is 2.43 bits per heavy atom. The number of aliphatic hydroxyl groups excluding tert-OH is 1. The Morgan fingerprint density at radius 3 is 3.07 bits per heavy atom. The van der Waals surface area contributed by atoms with Gasteiger partial charge in [0, 0.05) is 24.7 Å². The molecule has 1 N–H and O–H groups in total. The minimum Gasteiger partial charge on any atom is -0.396 e. The number of aryl methyl sites for hydroxylation is 1. The first-order chi connectivity index (χ1) is 6.79. The van der Waals surface area contributed by atoms with Crippen molar-refractivity contribution in [2.75, 3.05) is 12.4 Å². The van der Waals surface area contributed by atoms with Crippen LogP contribution < -0.4 is 5.56 Å². The minimum atomic E-state index is -0.0622. The fourth-order valence-corrected chi connectivity index (χ4v) is 1.75. The zero-order valence-corrected chi connectivity index (χ0v) is 8.96. The highest BCUT2D eigenvalue weighted by Gasteiger charge is 2.03. The molecular formula is C9H14N2O2S. The molecule has 1 aromatic rings. The number of hydrogen-bond donors (Lipinski definition) is 1. The number of aliphatic hydroxyl groups is 1. The van der Waals surface area contributed by atoms with Gasteiger partial charge in [-0.15, -0.1) is 0 Å². The second-order valence-electron chi connectivity index (χ2n) is 2.80. The molecule has 0 aliphatic carbocycles. The van der Waals surface area contributed by atoms with Crippen molar-refractivity contribution in [2.45, 2.75) is 24.9 Å². The van der Waals surface area contributed by atoms with Crippen LogP contribution in [0.3, 0.4) is 0 Å². The van der Waals surface area contributed by atoms with E-state index in [0.717, 1.165) is 6.42 Å². The van der Waals surface area contributed by atoms with E-state index in [2.05, 4.69) is 4.98 Å². The van der Waals surface area contributed by atoms with Gasteiger partial charge in [0.1, 0.15) is 0 Å². The van der Waals surface area contributed by atoms with Crippen LogP contribution in [0.5, 0.6) is 0 Å². The Kier molecular flexibility index (Phi) is 4.69. The lowest BCUT2D eigenvalue weighted by Gasteiger charge is -2.04. The molecule has 0 radical (unpaired) electrons. The van der Waals surface area contributed by atoms with Gasteiger partial charge in [-0.25, -0.2) is 4.98 Å². The van der Waals surface area contributed by atoms with Crippen molar-refractivity contribution in [1.29, 1.82) is 0 Å². The van der Waals surface area contributed by atoms with E-state index in [9.17, 15) is 4.79 Å². The van der Waals surface area contributed by atoms with Gasteiger partial charge in [-0.2, -0.15) is 0 Å². The average molecular weight is 214 g/mol. The molecule has 0 spiro atoms. The zero-order chi connectivity index (χ0) is 10.4. The minimum absolute atomic E-state index is 0.0622. The van der Waals surface area contributed by atoms with Gasteiger partial charge in [-0.1, -0.05) is 18.7 Å². The molecule has 5 heteroatoms. The summed E-state index contributed by atoms with van der Waals surface area (Å²) in [6, 6.07) is 0. The third-order valence-corrected chi connectivity index (χ3v) is 2.62. The Hall–Kier alpha value is -0.810. The first-order valence-electron chi connectivity index (χ1n) is 4.58. The lowest BCUT2D eigenvalue weighted by atomic mass is 10.5. The van der Waals surface area contributed by atoms with Gasteiger partial charge in [-0.05, 0) is 6.42 Å². The molecule has 78 valence electrons. The Balaban J connectivity index is 2.84. The third-order valence-electron chi connectivity index (χ3n) is 1.68. The second kappa shape index (κ2) is 5.82. The topological polar surface area (TPSA) is 55.1 Å². The Labute approximate surface area is 87.0 Å². The number of thioether (sulfide) groups is 1. The quantitative estimate of drug-likeness (QED) is 0.734. The van der Waals surface area contributed by atoms with Crippen molar-refractivity contribution in [3.8, 4) is 0 Å². The van der Waals surface area contributed by atoms with E-state index in [1.807, 2.05) is 6.92 Å². The van der Waals surface area contributed by atoms with Crippen LogP contribution in [0.2, 0.25) is 0 Å². The molecule has 0 saturated heterocycles. The molecule has 0 aliphatic rings. The maximum absolute atomic E-state index is 11.7. The molecule has 1 heterocycles. The highest BCUT2D eigenvalue weighted by atomic mass is 32.2. The molecule has 1 aromatic heterocycles. The van der Waals surface area contributed by atoms with Crippen molar-refractivity contribution in [2.24, 2.45) is 0 Å². The highest BCUT2D eigenvalue weighted by molar-refractivity contribution is 7.99. The van der Waals surface area contributed by atoms with Gasteiger partial charge in [0.25, 0.3) is 5.56 Å². The summed E-state index contributed by atoms with van der Waals surface area (Å²) in [6.45, 7) is 2.80. The van der Waals surface area contributed by atoms with Gasteiger partial charge < -0.3 is 9.67 Å². The normalized spacial score (nSPS) is 10.4. The third kappa shape index (κ3) is 2.85. The summed E-state index contributed by atoms with van der Waals surface area (Å²) in [6.07, 6.45) is 4.24. The van der Waals surface area contributed by atoms with Crippen LogP contribution in [0.25, 0.3) is 0 Å². The van der Waals surface area contributed by atoms with Crippen molar-refractivity contribution < 1.29 is 5.11 Å². The molecule has 0 aromatic carbocycles. The lowest BCUT2D eigenvalue weighted by molar-refractivity contribution is 0.322. The summed E-state index contributed by atoms with van der Waals surface area (Å²) in [5, 5.41) is 9.10. The van der Waals surface area contributed by atoms with E-state index in [0.29, 0.717) is 17.3 Å². The van der Waals surface area contributed by atoms with E-state index in [1.54, 1.807) is 17.0 Å². The molecule has 1 rings (SSSR count). The van der Waals surface area contributed by atoms with Crippen LogP contribution >= 0.6 is 11.8 Å². The second-order valence-corrected chi connectivity index (χ2v) is 3.89. The highest BCUT2D eigenvalue weighted by Crippen LogP contribution is 2.08. The van der Waals surface area contributed by atoms with Crippen LogP contribution in [-0.4, -0.2) is 27.0 Å². The van der Waals surface area contributed by atoms with Gasteiger partial charge in [-0.3, -0.25) is 4.79 Å². The molecule has 0 bridgehead atoms. The first kappa shape index (κ1) is 11.3. The van der Waals surface area contributed by atoms with E-state index >= 15 is 0 Å². The fourth-order valence-electron chi connectivity index (χ4n) is 1.09. The molecule has 0 fully saturated rings. The van der Waals surface area contributed by atoms with Crippen LogP contribution in [0.4, 0.5) is 0 Å². The molecule has 0 saturated carbocycles. The number of nitrogens with zero attached hydrogens (tertiary/aromatic N) is 2. The first-order valence-corrected chi connectivity index (χ1v) is 5.57. The number of rotatable bonds is 5. The maximum atomic E-state index is 11.7. The van der Waals surface area contributed by atoms with Gasteiger partial charge >= 0.3 is 0 Å². The molecule has 0 aliphatic heterocycles. The molecule has 0 atom stereocenters. The fraction of sp³-hybridized carbons (Fsp3) is 0.556. The summed E-state index contributed by atoms with van der Waals surface area (Å²) in [5.74, 6) is 0.512. The van der Waals surface area contributed by atoms with Crippen molar-refractivity contribution in [3.05, 3.63) is 22.7 Å².